The van der Waals surface area contributed by atoms with Crippen molar-refractivity contribution in [2.75, 3.05) is 26.2 Å². The number of aliphatic hydroxyl groups excluding tert-OH is 1. The monoisotopic (exact) mass is 284 g/mol. The Kier molecular flexibility index (Phi) is 4.22. The van der Waals surface area contributed by atoms with E-state index in [9.17, 15) is 19.8 Å². The number of nitrogens with zero attached hydrogens (tertiary/aromatic N) is 2. The van der Waals surface area contributed by atoms with Crippen molar-refractivity contribution in [2.45, 2.75) is 39.2 Å². The average Bonchev–Trinajstić information content (AvgIpc) is 2.78. The average molecular weight is 284 g/mol. The Balaban J connectivity index is 2.07. The third kappa shape index (κ3) is 2.61. The minimum Gasteiger partial charge on any atom is -0.481 e. The highest BCUT2D eigenvalue weighted by molar-refractivity contribution is 5.79. The molecule has 0 aliphatic carbocycles. The molecule has 0 aromatic carbocycles. The van der Waals surface area contributed by atoms with Crippen LogP contribution in [0.15, 0.2) is 0 Å². The maximum absolute atomic E-state index is 12.6. The van der Waals surface area contributed by atoms with Gasteiger partial charge in [-0.3, -0.25) is 4.79 Å². The predicted octanol–water partition coefficient (Wildman–Crippen LogP) is 0.996. The van der Waals surface area contributed by atoms with Crippen molar-refractivity contribution in [3.05, 3.63) is 0 Å². The van der Waals surface area contributed by atoms with Crippen molar-refractivity contribution >= 4 is 12.0 Å². The van der Waals surface area contributed by atoms with Crippen molar-refractivity contribution in [3.8, 4) is 0 Å². The van der Waals surface area contributed by atoms with Gasteiger partial charge in [0.15, 0.2) is 0 Å². The first kappa shape index (κ1) is 15.1. The van der Waals surface area contributed by atoms with Crippen LogP contribution in [0.3, 0.4) is 0 Å². The third-order valence-corrected chi connectivity index (χ3v) is 4.80. The van der Waals surface area contributed by atoms with Crippen LogP contribution in [-0.2, 0) is 4.79 Å². The van der Waals surface area contributed by atoms with Crippen LogP contribution in [0, 0.1) is 11.3 Å². The summed E-state index contributed by atoms with van der Waals surface area (Å²) in [7, 11) is 0. The van der Waals surface area contributed by atoms with E-state index in [1.807, 2.05) is 6.92 Å². The standard InChI is InChI=1S/C14H24N2O4/c1-10-4-7-16(11(10)8-17)13(20)15-6-3-5-14(2,9-15)12(18)19/h10-11,17H,3-9H2,1-2H3,(H,18,19). The predicted molar refractivity (Wildman–Crippen MR) is 73.3 cm³/mol. The molecular formula is C14H24N2O4. The number of aliphatic carboxylic acids is 1. The van der Waals surface area contributed by atoms with Gasteiger partial charge < -0.3 is 20.0 Å². The van der Waals surface area contributed by atoms with Gasteiger partial charge in [-0.05, 0) is 32.1 Å². The van der Waals surface area contributed by atoms with Crippen LogP contribution in [0.5, 0.6) is 0 Å². The van der Waals surface area contributed by atoms with Crippen molar-refractivity contribution < 1.29 is 19.8 Å². The van der Waals surface area contributed by atoms with Gasteiger partial charge in [0.25, 0.3) is 0 Å². The highest BCUT2D eigenvalue weighted by Crippen LogP contribution is 2.32. The molecule has 0 bridgehead atoms. The molecule has 114 valence electrons. The lowest BCUT2D eigenvalue weighted by Crippen LogP contribution is -2.54. The van der Waals surface area contributed by atoms with Crippen LogP contribution < -0.4 is 0 Å². The van der Waals surface area contributed by atoms with E-state index < -0.39 is 11.4 Å². The second-order valence-corrected chi connectivity index (χ2v) is 6.38. The molecule has 2 amide bonds. The topological polar surface area (TPSA) is 81.1 Å². The number of rotatable bonds is 2. The first-order valence-electron chi connectivity index (χ1n) is 7.29. The molecule has 2 heterocycles. The fourth-order valence-electron chi connectivity index (χ4n) is 3.28. The molecule has 0 spiro atoms. The number of carboxylic acids is 1. The summed E-state index contributed by atoms with van der Waals surface area (Å²) in [6.45, 7) is 5.20. The molecule has 2 aliphatic heterocycles. The second-order valence-electron chi connectivity index (χ2n) is 6.38. The third-order valence-electron chi connectivity index (χ3n) is 4.80. The summed E-state index contributed by atoms with van der Waals surface area (Å²) in [6, 6.07) is -0.263. The van der Waals surface area contributed by atoms with E-state index in [2.05, 4.69) is 0 Å². The highest BCUT2D eigenvalue weighted by atomic mass is 16.4. The van der Waals surface area contributed by atoms with E-state index in [0.717, 1.165) is 6.42 Å². The van der Waals surface area contributed by atoms with Crippen molar-refractivity contribution in [2.24, 2.45) is 11.3 Å². The number of hydrogen-bond acceptors (Lipinski definition) is 3. The summed E-state index contributed by atoms with van der Waals surface area (Å²) in [5.74, 6) is -0.553. The number of urea groups is 1. The van der Waals surface area contributed by atoms with Crippen LogP contribution in [0.1, 0.15) is 33.1 Å². The summed E-state index contributed by atoms with van der Waals surface area (Å²) in [4.78, 5) is 27.3. The van der Waals surface area contributed by atoms with E-state index in [1.54, 1.807) is 16.7 Å². The van der Waals surface area contributed by atoms with Gasteiger partial charge in [0.05, 0.1) is 18.1 Å². The molecule has 6 heteroatoms. The number of hydrogen-bond donors (Lipinski definition) is 2. The first-order chi connectivity index (χ1) is 9.39. The normalized spacial score (nSPS) is 34.4. The van der Waals surface area contributed by atoms with Gasteiger partial charge in [-0.25, -0.2) is 4.79 Å². The Labute approximate surface area is 119 Å². The van der Waals surface area contributed by atoms with Gasteiger partial charge in [-0.1, -0.05) is 6.92 Å². The summed E-state index contributed by atoms with van der Waals surface area (Å²) < 4.78 is 0. The molecule has 6 nitrogen and oxygen atoms in total. The zero-order valence-electron chi connectivity index (χ0n) is 12.2. The molecule has 2 rings (SSSR count). The van der Waals surface area contributed by atoms with Crippen LogP contribution >= 0.6 is 0 Å². The van der Waals surface area contributed by atoms with Crippen molar-refractivity contribution in [1.29, 1.82) is 0 Å². The van der Waals surface area contributed by atoms with Gasteiger partial charge in [0, 0.05) is 19.6 Å². The van der Waals surface area contributed by atoms with Gasteiger partial charge in [-0.15, -0.1) is 0 Å². The summed E-state index contributed by atoms with van der Waals surface area (Å²) in [5, 5.41) is 18.7. The van der Waals surface area contributed by atoms with Crippen LogP contribution in [0.2, 0.25) is 0 Å². The molecule has 2 saturated heterocycles. The van der Waals surface area contributed by atoms with Crippen LogP contribution in [0.4, 0.5) is 4.79 Å². The summed E-state index contributed by atoms with van der Waals surface area (Å²) in [6.07, 6.45) is 2.20. The van der Waals surface area contributed by atoms with E-state index in [-0.39, 0.29) is 25.2 Å². The maximum atomic E-state index is 12.6. The number of carbonyl (C=O) groups is 2. The lowest BCUT2D eigenvalue weighted by Gasteiger charge is -2.40. The Morgan fingerprint density at radius 2 is 2.05 bits per heavy atom. The zero-order chi connectivity index (χ0) is 14.9. The summed E-state index contributed by atoms with van der Waals surface area (Å²) >= 11 is 0. The highest BCUT2D eigenvalue weighted by Gasteiger charge is 2.42. The van der Waals surface area contributed by atoms with E-state index >= 15 is 0 Å². The number of carboxylic acid groups (broad SMARTS) is 1. The molecule has 20 heavy (non-hydrogen) atoms. The Bertz CT molecular complexity index is 401. The molecule has 3 atom stereocenters. The van der Waals surface area contributed by atoms with Gasteiger partial charge in [0.2, 0.25) is 0 Å². The molecular weight excluding hydrogens is 260 g/mol. The number of piperidine rings is 1. The Hall–Kier alpha value is -1.30. The minimum atomic E-state index is -0.853. The first-order valence-corrected chi connectivity index (χ1v) is 7.29. The minimum absolute atomic E-state index is 0.0308. The zero-order valence-corrected chi connectivity index (χ0v) is 12.2. The largest absolute Gasteiger partial charge is 0.481 e. The van der Waals surface area contributed by atoms with E-state index in [0.29, 0.717) is 31.8 Å². The Morgan fingerprint density at radius 1 is 1.35 bits per heavy atom. The fourth-order valence-corrected chi connectivity index (χ4v) is 3.28. The lowest BCUT2D eigenvalue weighted by atomic mass is 9.82. The van der Waals surface area contributed by atoms with Gasteiger partial charge in [0.1, 0.15) is 0 Å². The molecule has 3 unspecified atom stereocenters. The second kappa shape index (κ2) is 5.60. The van der Waals surface area contributed by atoms with Gasteiger partial charge in [-0.2, -0.15) is 0 Å². The van der Waals surface area contributed by atoms with E-state index in [4.69, 9.17) is 0 Å². The van der Waals surface area contributed by atoms with Crippen molar-refractivity contribution in [1.82, 2.24) is 9.80 Å². The van der Waals surface area contributed by atoms with Gasteiger partial charge >= 0.3 is 12.0 Å². The molecule has 0 saturated carbocycles. The number of carbonyl (C=O) groups excluding carboxylic acids is 1. The molecule has 0 aromatic rings. The number of amides is 2. The summed E-state index contributed by atoms with van der Waals surface area (Å²) in [5.41, 5.74) is -0.853. The van der Waals surface area contributed by atoms with Crippen LogP contribution in [-0.4, -0.2) is 64.3 Å². The molecule has 2 fully saturated rings. The number of aliphatic hydroxyl groups is 1. The fraction of sp³-hybridized carbons (Fsp3) is 0.857. The smallest absolute Gasteiger partial charge is 0.320 e. The van der Waals surface area contributed by atoms with Crippen molar-refractivity contribution in [3.63, 3.8) is 0 Å². The van der Waals surface area contributed by atoms with E-state index in [1.165, 1.54) is 0 Å². The van der Waals surface area contributed by atoms with Crippen LogP contribution in [0.25, 0.3) is 0 Å². The SMILES string of the molecule is CC1CCN(C(=O)N2CCCC(C)(C(=O)O)C2)C1CO. The number of likely N-dealkylation sites (tertiary alicyclic amines) is 2. The maximum Gasteiger partial charge on any atom is 0.320 e. The lowest BCUT2D eigenvalue weighted by molar-refractivity contribution is -0.150. The molecule has 2 N–H and O–H groups in total. The molecule has 0 aromatic heterocycles. The molecule has 2 aliphatic rings. The molecule has 0 radical (unpaired) electrons. The Morgan fingerprint density at radius 3 is 2.65 bits per heavy atom. The quantitative estimate of drug-likeness (QED) is 0.792.